The third-order valence-electron chi connectivity index (χ3n) is 5.22. The van der Waals surface area contributed by atoms with E-state index in [9.17, 15) is 27.9 Å². The van der Waals surface area contributed by atoms with E-state index >= 15 is 0 Å². The van der Waals surface area contributed by atoms with Gasteiger partial charge in [-0.3, -0.25) is 9.36 Å². The number of rotatable bonds is 8. The number of aliphatic hydroxyl groups is 1. The van der Waals surface area contributed by atoms with Crippen LogP contribution in [0.5, 0.6) is 0 Å². The fraction of sp³-hybridized carbons (Fsp3) is 0.227. The summed E-state index contributed by atoms with van der Waals surface area (Å²) in [6.07, 6.45) is -7.79. The maximum absolute atomic E-state index is 13.1. The summed E-state index contributed by atoms with van der Waals surface area (Å²) in [4.78, 5) is 29.1. The van der Waals surface area contributed by atoms with Crippen LogP contribution in [0.1, 0.15) is 5.82 Å². The van der Waals surface area contributed by atoms with Crippen molar-refractivity contribution in [2.45, 2.75) is 31.9 Å². The second kappa shape index (κ2) is 10.4. The molecule has 1 amide bonds. The lowest BCUT2D eigenvalue weighted by atomic mass is 10.2. The van der Waals surface area contributed by atoms with E-state index in [0.29, 0.717) is 20.2 Å². The van der Waals surface area contributed by atoms with E-state index in [0.717, 1.165) is 9.36 Å². The first-order valence-corrected chi connectivity index (χ1v) is 11.3. The Labute approximate surface area is 216 Å². The zero-order chi connectivity index (χ0) is 26.9. The number of carbonyl (C=O) groups is 1. The highest BCUT2D eigenvalue weighted by Gasteiger charge is 2.39. The highest BCUT2D eigenvalue weighted by Crippen LogP contribution is 2.26. The molecule has 0 spiro atoms. The summed E-state index contributed by atoms with van der Waals surface area (Å²) >= 11 is 12.1. The largest absolute Gasteiger partial charge is 0.416 e. The number of aliphatic hydroxyl groups excluding tert-OH is 1. The van der Waals surface area contributed by atoms with Gasteiger partial charge in [0.2, 0.25) is 5.91 Å². The molecule has 10 nitrogen and oxygen atoms in total. The van der Waals surface area contributed by atoms with E-state index in [1.54, 1.807) is 24.3 Å². The topological polar surface area (TPSA) is 134 Å². The van der Waals surface area contributed by atoms with E-state index in [2.05, 4.69) is 15.2 Å². The van der Waals surface area contributed by atoms with Crippen LogP contribution in [0.4, 0.5) is 13.2 Å². The monoisotopic (exact) mass is 555 g/mol. The molecule has 0 fully saturated rings. The summed E-state index contributed by atoms with van der Waals surface area (Å²) in [5.41, 5.74) is 5.09. The summed E-state index contributed by atoms with van der Waals surface area (Å²) in [6.45, 7) is -1.86. The molecule has 2 aromatic heterocycles. The summed E-state index contributed by atoms with van der Waals surface area (Å²) in [7, 11) is 0. The number of amides is 1. The molecular formula is C22H18Cl2F3N7O3. The molecule has 0 radical (unpaired) electrons. The predicted molar refractivity (Wildman–Crippen MR) is 128 cm³/mol. The van der Waals surface area contributed by atoms with Crippen molar-refractivity contribution in [1.82, 2.24) is 29.1 Å². The molecule has 2 heterocycles. The fourth-order valence-electron chi connectivity index (χ4n) is 3.45. The number of hydrogen-bond acceptors (Lipinski definition) is 6. The van der Waals surface area contributed by atoms with E-state index in [1.807, 2.05) is 0 Å². The Hall–Kier alpha value is -3.68. The van der Waals surface area contributed by atoms with Gasteiger partial charge in [0, 0.05) is 16.1 Å². The molecule has 0 aliphatic carbocycles. The van der Waals surface area contributed by atoms with Gasteiger partial charge in [-0.15, -0.1) is 5.10 Å². The second-order valence-electron chi connectivity index (χ2n) is 7.89. The Kier molecular flexibility index (Phi) is 7.39. The molecule has 4 rings (SSSR count). The maximum atomic E-state index is 13.1. The van der Waals surface area contributed by atoms with E-state index in [4.69, 9.17) is 28.9 Å². The number of nitrogens with zero attached hydrogens (tertiary/aromatic N) is 6. The number of hydrogen-bond donors (Lipinski definition) is 2. The SMILES string of the molecule is NC(=O)Cn1nc(-c2ccccc2Cl)nc1Cn1nc(-c2ccc(Cl)cc2)n(C[C@H](O)C(F)(F)F)c1=O. The first kappa shape index (κ1) is 26.4. The molecule has 0 aliphatic rings. The standard InChI is InChI=1S/C22H18Cl2F3N7O3/c23-13-7-5-12(6-8-13)20-31-34(21(37)32(20)9-16(35)22(25,26)27)11-18-29-19(30-33(18)10-17(28)36)14-3-1-2-4-15(14)24/h1-8,16,35H,9-11H2,(H2,28,36)/t16-/m0/s1. The molecule has 0 saturated heterocycles. The van der Waals surface area contributed by atoms with Gasteiger partial charge in [-0.1, -0.05) is 35.3 Å². The second-order valence-corrected chi connectivity index (χ2v) is 8.74. The van der Waals surface area contributed by atoms with Crippen LogP contribution in [0.25, 0.3) is 22.8 Å². The lowest BCUT2D eigenvalue weighted by Crippen LogP contribution is -2.37. The molecule has 0 aliphatic heterocycles. The van der Waals surface area contributed by atoms with Crippen molar-refractivity contribution in [2.75, 3.05) is 0 Å². The molecule has 194 valence electrons. The molecule has 1 atom stereocenters. The number of nitrogens with two attached hydrogens (primary N) is 1. The number of aromatic nitrogens is 6. The molecule has 37 heavy (non-hydrogen) atoms. The van der Waals surface area contributed by atoms with Crippen LogP contribution in [0.15, 0.2) is 53.3 Å². The fourth-order valence-corrected chi connectivity index (χ4v) is 3.80. The summed E-state index contributed by atoms with van der Waals surface area (Å²) < 4.78 is 42.0. The van der Waals surface area contributed by atoms with Crippen molar-refractivity contribution in [2.24, 2.45) is 5.73 Å². The minimum absolute atomic E-state index is 0.0690. The Morgan fingerprint density at radius 3 is 2.35 bits per heavy atom. The zero-order valence-electron chi connectivity index (χ0n) is 18.7. The van der Waals surface area contributed by atoms with Crippen LogP contribution in [0.3, 0.4) is 0 Å². The first-order valence-electron chi connectivity index (χ1n) is 10.6. The Balaban J connectivity index is 1.80. The molecule has 4 aromatic rings. The van der Waals surface area contributed by atoms with Gasteiger partial charge < -0.3 is 10.8 Å². The zero-order valence-corrected chi connectivity index (χ0v) is 20.2. The molecule has 3 N–H and O–H groups in total. The number of alkyl halides is 3. The van der Waals surface area contributed by atoms with Crippen LogP contribution < -0.4 is 11.4 Å². The Bertz CT molecular complexity index is 1500. The number of halogens is 5. The van der Waals surface area contributed by atoms with Crippen LogP contribution in [0, 0.1) is 0 Å². The van der Waals surface area contributed by atoms with Crippen LogP contribution in [-0.4, -0.2) is 52.4 Å². The van der Waals surface area contributed by atoms with Crippen molar-refractivity contribution in [3.63, 3.8) is 0 Å². The van der Waals surface area contributed by atoms with Crippen molar-refractivity contribution in [3.05, 3.63) is 74.9 Å². The number of benzene rings is 2. The highest BCUT2D eigenvalue weighted by molar-refractivity contribution is 6.33. The van der Waals surface area contributed by atoms with Gasteiger partial charge in [-0.25, -0.2) is 19.1 Å². The van der Waals surface area contributed by atoms with E-state index in [1.165, 1.54) is 24.3 Å². The average molecular weight is 556 g/mol. The molecule has 2 aromatic carbocycles. The van der Waals surface area contributed by atoms with Crippen molar-refractivity contribution < 1.29 is 23.1 Å². The molecule has 0 unspecified atom stereocenters. The molecule has 0 saturated carbocycles. The van der Waals surface area contributed by atoms with Gasteiger partial charge >= 0.3 is 11.9 Å². The summed E-state index contributed by atoms with van der Waals surface area (Å²) in [6, 6.07) is 12.6. The smallest absolute Gasteiger partial charge is 0.382 e. The number of primary amides is 1. The van der Waals surface area contributed by atoms with Gasteiger partial charge in [0.25, 0.3) is 0 Å². The third kappa shape index (κ3) is 5.84. The Morgan fingerprint density at radius 1 is 1.05 bits per heavy atom. The minimum atomic E-state index is -4.97. The average Bonchev–Trinajstić information content (AvgIpc) is 3.35. The summed E-state index contributed by atoms with van der Waals surface area (Å²) in [5.74, 6) is -0.679. The predicted octanol–water partition coefficient (Wildman–Crippen LogP) is 2.73. The van der Waals surface area contributed by atoms with Gasteiger partial charge in [-0.2, -0.15) is 18.3 Å². The van der Waals surface area contributed by atoms with Gasteiger partial charge in [0.05, 0.1) is 11.6 Å². The summed E-state index contributed by atoms with van der Waals surface area (Å²) in [5, 5.41) is 18.8. The van der Waals surface area contributed by atoms with Crippen LogP contribution >= 0.6 is 23.2 Å². The van der Waals surface area contributed by atoms with E-state index in [-0.39, 0.29) is 36.1 Å². The van der Waals surface area contributed by atoms with Gasteiger partial charge in [0.1, 0.15) is 18.9 Å². The van der Waals surface area contributed by atoms with Crippen molar-refractivity contribution in [1.29, 1.82) is 0 Å². The maximum Gasteiger partial charge on any atom is 0.416 e. The normalized spacial score (nSPS) is 12.6. The lowest BCUT2D eigenvalue weighted by Gasteiger charge is -2.15. The lowest BCUT2D eigenvalue weighted by molar-refractivity contribution is -0.207. The quantitative estimate of drug-likeness (QED) is 0.343. The first-order chi connectivity index (χ1) is 17.4. The van der Waals surface area contributed by atoms with Crippen molar-refractivity contribution in [3.8, 4) is 22.8 Å². The van der Waals surface area contributed by atoms with E-state index < -0.39 is 30.4 Å². The molecular weight excluding hydrogens is 538 g/mol. The van der Waals surface area contributed by atoms with Crippen LogP contribution in [0.2, 0.25) is 10.0 Å². The molecule has 0 bridgehead atoms. The highest BCUT2D eigenvalue weighted by atomic mass is 35.5. The number of carbonyl (C=O) groups excluding carboxylic acids is 1. The minimum Gasteiger partial charge on any atom is -0.382 e. The van der Waals surface area contributed by atoms with Gasteiger partial charge in [-0.05, 0) is 36.4 Å². The molecule has 15 heteroatoms. The van der Waals surface area contributed by atoms with Gasteiger partial charge in [0.15, 0.2) is 17.8 Å². The Morgan fingerprint density at radius 2 is 1.73 bits per heavy atom. The van der Waals surface area contributed by atoms with Crippen LogP contribution in [-0.2, 0) is 24.4 Å². The third-order valence-corrected chi connectivity index (χ3v) is 5.80. The van der Waals surface area contributed by atoms with Crippen molar-refractivity contribution >= 4 is 29.1 Å².